The van der Waals surface area contributed by atoms with E-state index in [2.05, 4.69) is 12.6 Å². The molecule has 1 atom stereocenters. The third-order valence-corrected chi connectivity index (χ3v) is 1.82. The van der Waals surface area contributed by atoms with Gasteiger partial charge in [-0.1, -0.05) is 36.4 Å². The first-order valence-electron chi connectivity index (χ1n) is 3.93. The highest BCUT2D eigenvalue weighted by Crippen LogP contribution is 2.19. The van der Waals surface area contributed by atoms with Crippen LogP contribution < -0.4 is 0 Å². The molecular weight excluding hydrogens is 146 g/mol. The molecule has 0 spiro atoms. The third kappa shape index (κ3) is 1.96. The summed E-state index contributed by atoms with van der Waals surface area (Å²) in [5.74, 6) is 0.177. The van der Waals surface area contributed by atoms with Crippen molar-refractivity contribution in [3.05, 3.63) is 48.6 Å². The number of hydrogen-bond acceptors (Lipinski definition) is 1. The largest absolute Gasteiger partial charge is 0.198 e. The van der Waals surface area contributed by atoms with Crippen molar-refractivity contribution in [3.63, 3.8) is 0 Å². The maximum absolute atomic E-state index is 8.53. The number of hydrogen-bond donors (Lipinski definition) is 0. The molecule has 0 fully saturated rings. The van der Waals surface area contributed by atoms with Gasteiger partial charge in [-0.3, -0.25) is 0 Å². The van der Waals surface area contributed by atoms with E-state index in [1.54, 1.807) is 0 Å². The average Bonchev–Trinajstić information content (AvgIpc) is 2.15. The molecule has 0 aromatic heterocycles. The van der Waals surface area contributed by atoms with Crippen molar-refractivity contribution in [2.24, 2.45) is 0 Å². The van der Waals surface area contributed by atoms with Gasteiger partial charge in [-0.25, -0.2) is 0 Å². The zero-order chi connectivity index (χ0) is 8.81. The van der Waals surface area contributed by atoms with Gasteiger partial charge in [0.15, 0.2) is 0 Å². The van der Waals surface area contributed by atoms with E-state index in [0.717, 1.165) is 5.56 Å². The van der Waals surface area contributed by atoms with Gasteiger partial charge in [-0.15, -0.1) is 6.58 Å². The Balaban J connectivity index is 2.81. The average molecular weight is 157 g/mol. The van der Waals surface area contributed by atoms with Gasteiger partial charge in [0, 0.05) is 12.3 Å². The van der Waals surface area contributed by atoms with Crippen LogP contribution in [0.15, 0.2) is 43.0 Å². The highest BCUT2D eigenvalue weighted by Gasteiger charge is 2.04. The molecule has 1 heteroatoms. The van der Waals surface area contributed by atoms with Crippen molar-refractivity contribution in [3.8, 4) is 6.07 Å². The number of rotatable bonds is 3. The molecule has 1 rings (SSSR count). The molecular formula is C11H11N. The van der Waals surface area contributed by atoms with E-state index in [0.29, 0.717) is 6.42 Å². The second-order valence-corrected chi connectivity index (χ2v) is 2.62. The second kappa shape index (κ2) is 4.35. The molecule has 0 N–H and O–H groups in total. The Morgan fingerprint density at radius 1 is 1.42 bits per heavy atom. The van der Waals surface area contributed by atoms with Gasteiger partial charge in [0.25, 0.3) is 0 Å². The van der Waals surface area contributed by atoms with Crippen LogP contribution in [0.1, 0.15) is 17.9 Å². The Morgan fingerprint density at radius 3 is 2.58 bits per heavy atom. The predicted octanol–water partition coefficient (Wildman–Crippen LogP) is 2.87. The van der Waals surface area contributed by atoms with Crippen LogP contribution >= 0.6 is 0 Å². The minimum absolute atomic E-state index is 0.177. The summed E-state index contributed by atoms with van der Waals surface area (Å²) in [6, 6.07) is 12.1. The summed E-state index contributed by atoms with van der Waals surface area (Å²) in [6.07, 6.45) is 2.33. The molecule has 1 aromatic rings. The van der Waals surface area contributed by atoms with Crippen molar-refractivity contribution in [1.82, 2.24) is 0 Å². The van der Waals surface area contributed by atoms with Crippen LogP contribution in [-0.2, 0) is 0 Å². The molecule has 0 aliphatic rings. The Labute approximate surface area is 73.0 Å². The van der Waals surface area contributed by atoms with Crippen molar-refractivity contribution in [2.75, 3.05) is 0 Å². The van der Waals surface area contributed by atoms with Crippen molar-refractivity contribution in [2.45, 2.75) is 12.3 Å². The standard InChI is InChI=1S/C11H11N/c1-2-10(8-9-12)11-6-4-3-5-7-11/h2-7,10H,1,8H2/t10-/m1/s1. The molecule has 0 saturated heterocycles. The first-order valence-corrected chi connectivity index (χ1v) is 3.93. The SMILES string of the molecule is C=C[C@H](CC#N)c1ccccc1. The van der Waals surface area contributed by atoms with Crippen LogP contribution in [0, 0.1) is 11.3 Å². The first kappa shape index (κ1) is 8.55. The van der Waals surface area contributed by atoms with Gasteiger partial charge < -0.3 is 0 Å². The first-order chi connectivity index (χ1) is 5.88. The molecule has 12 heavy (non-hydrogen) atoms. The van der Waals surface area contributed by atoms with Gasteiger partial charge in [0.2, 0.25) is 0 Å². The van der Waals surface area contributed by atoms with Gasteiger partial charge in [0.05, 0.1) is 6.07 Å². The van der Waals surface area contributed by atoms with E-state index in [4.69, 9.17) is 5.26 Å². The lowest BCUT2D eigenvalue weighted by molar-refractivity contribution is 0.875. The van der Waals surface area contributed by atoms with Gasteiger partial charge in [0.1, 0.15) is 0 Å². The lowest BCUT2D eigenvalue weighted by Gasteiger charge is -2.06. The fraction of sp³-hybridized carbons (Fsp3) is 0.182. The Morgan fingerprint density at radius 2 is 2.08 bits per heavy atom. The van der Waals surface area contributed by atoms with E-state index < -0.39 is 0 Å². The molecule has 0 unspecified atom stereocenters. The zero-order valence-electron chi connectivity index (χ0n) is 6.90. The molecule has 0 heterocycles. The summed E-state index contributed by atoms with van der Waals surface area (Å²) in [5, 5.41) is 8.53. The summed E-state index contributed by atoms with van der Waals surface area (Å²) in [6.45, 7) is 3.70. The van der Waals surface area contributed by atoms with Crippen molar-refractivity contribution in [1.29, 1.82) is 5.26 Å². The fourth-order valence-corrected chi connectivity index (χ4v) is 1.14. The van der Waals surface area contributed by atoms with Crippen LogP contribution in [0.25, 0.3) is 0 Å². The molecule has 60 valence electrons. The lowest BCUT2D eigenvalue weighted by Crippen LogP contribution is -1.92. The van der Waals surface area contributed by atoms with E-state index in [9.17, 15) is 0 Å². The summed E-state index contributed by atoms with van der Waals surface area (Å²) in [4.78, 5) is 0. The van der Waals surface area contributed by atoms with Gasteiger partial charge >= 0.3 is 0 Å². The smallest absolute Gasteiger partial charge is 0.0631 e. The minimum atomic E-state index is 0.177. The van der Waals surface area contributed by atoms with E-state index in [1.165, 1.54) is 0 Å². The van der Waals surface area contributed by atoms with Crippen LogP contribution in [0.4, 0.5) is 0 Å². The number of nitriles is 1. The van der Waals surface area contributed by atoms with Gasteiger partial charge in [-0.05, 0) is 5.56 Å². The Kier molecular flexibility index (Phi) is 3.10. The molecule has 0 radical (unpaired) electrons. The Bertz CT molecular complexity index is 282. The van der Waals surface area contributed by atoms with Gasteiger partial charge in [-0.2, -0.15) is 5.26 Å². The van der Waals surface area contributed by atoms with Crippen LogP contribution in [0.2, 0.25) is 0 Å². The molecule has 1 aromatic carbocycles. The third-order valence-electron chi connectivity index (χ3n) is 1.82. The normalized spacial score (nSPS) is 11.6. The maximum atomic E-state index is 8.53. The molecule has 0 aliphatic carbocycles. The topological polar surface area (TPSA) is 23.8 Å². The molecule has 1 nitrogen and oxygen atoms in total. The Hall–Kier alpha value is -1.55. The molecule has 0 bridgehead atoms. The van der Waals surface area contributed by atoms with E-state index in [-0.39, 0.29) is 5.92 Å². The fourth-order valence-electron chi connectivity index (χ4n) is 1.14. The van der Waals surface area contributed by atoms with Crippen LogP contribution in [0.5, 0.6) is 0 Å². The summed E-state index contributed by atoms with van der Waals surface area (Å²) >= 11 is 0. The quantitative estimate of drug-likeness (QED) is 0.619. The molecule has 0 aliphatic heterocycles. The van der Waals surface area contributed by atoms with Crippen LogP contribution in [-0.4, -0.2) is 0 Å². The maximum Gasteiger partial charge on any atom is 0.0631 e. The zero-order valence-corrected chi connectivity index (χ0v) is 6.90. The van der Waals surface area contributed by atoms with Crippen molar-refractivity contribution < 1.29 is 0 Å². The lowest BCUT2D eigenvalue weighted by atomic mass is 9.97. The number of benzene rings is 1. The second-order valence-electron chi connectivity index (χ2n) is 2.62. The summed E-state index contributed by atoms with van der Waals surface area (Å²) in [5.41, 5.74) is 1.16. The van der Waals surface area contributed by atoms with Crippen molar-refractivity contribution >= 4 is 0 Å². The highest BCUT2D eigenvalue weighted by molar-refractivity contribution is 5.24. The van der Waals surface area contributed by atoms with Crippen LogP contribution in [0.3, 0.4) is 0 Å². The van der Waals surface area contributed by atoms with E-state index >= 15 is 0 Å². The summed E-state index contributed by atoms with van der Waals surface area (Å²) < 4.78 is 0. The highest BCUT2D eigenvalue weighted by atomic mass is 14.2. The number of allylic oxidation sites excluding steroid dienone is 1. The summed E-state index contributed by atoms with van der Waals surface area (Å²) in [7, 11) is 0. The molecule has 0 amide bonds. The minimum Gasteiger partial charge on any atom is -0.198 e. The number of nitrogens with zero attached hydrogens (tertiary/aromatic N) is 1. The predicted molar refractivity (Wildman–Crippen MR) is 49.6 cm³/mol. The van der Waals surface area contributed by atoms with E-state index in [1.807, 2.05) is 36.4 Å². The monoisotopic (exact) mass is 157 g/mol. The molecule has 0 saturated carbocycles.